The number of hydrogen-bond donors (Lipinski definition) is 0. The van der Waals surface area contributed by atoms with Gasteiger partial charge in [-0.3, -0.25) is 4.79 Å². The number of anilines is 1. The first-order valence-electron chi connectivity index (χ1n) is 7.93. The minimum absolute atomic E-state index is 0.0717. The van der Waals surface area contributed by atoms with Crippen LogP contribution in [0, 0.1) is 23.7 Å². The zero-order valence-electron chi connectivity index (χ0n) is 13.9. The van der Waals surface area contributed by atoms with Gasteiger partial charge in [0, 0.05) is 13.1 Å². The average molecular weight is 331 g/mol. The van der Waals surface area contributed by atoms with Gasteiger partial charge in [-0.05, 0) is 36.1 Å². The molecule has 4 rings (SSSR count). The van der Waals surface area contributed by atoms with Crippen LogP contribution in [0.4, 0.5) is 5.82 Å². The molecule has 2 aliphatic rings. The van der Waals surface area contributed by atoms with Crippen LogP contribution < -0.4 is 4.90 Å². The third-order valence-corrected chi connectivity index (χ3v) is 6.45. The van der Waals surface area contributed by atoms with E-state index in [0.29, 0.717) is 12.5 Å². The van der Waals surface area contributed by atoms with Crippen LogP contribution in [0.5, 0.6) is 0 Å². The van der Waals surface area contributed by atoms with Crippen molar-refractivity contribution in [3.05, 3.63) is 17.3 Å². The van der Waals surface area contributed by atoms with Gasteiger partial charge in [0.1, 0.15) is 11.6 Å². The first-order chi connectivity index (χ1) is 10.9. The van der Waals surface area contributed by atoms with Gasteiger partial charge in [0.05, 0.1) is 22.7 Å². The van der Waals surface area contributed by atoms with Crippen molar-refractivity contribution in [1.29, 1.82) is 0 Å². The molecule has 122 valence electrons. The van der Waals surface area contributed by atoms with Gasteiger partial charge in [-0.1, -0.05) is 13.8 Å². The van der Waals surface area contributed by atoms with Gasteiger partial charge in [0.2, 0.25) is 0 Å². The van der Waals surface area contributed by atoms with Crippen LogP contribution in [0.1, 0.15) is 26.1 Å². The molecule has 2 aromatic rings. The Labute approximate surface area is 139 Å². The number of thiophene rings is 1. The molecule has 1 aliphatic carbocycles. The monoisotopic (exact) mass is 331 g/mol. The molecule has 3 heterocycles. The first kappa shape index (κ1) is 14.9. The van der Waals surface area contributed by atoms with Crippen molar-refractivity contribution in [2.75, 3.05) is 25.1 Å². The molecular weight excluding hydrogens is 310 g/mol. The van der Waals surface area contributed by atoms with E-state index in [4.69, 9.17) is 4.74 Å². The summed E-state index contributed by atoms with van der Waals surface area (Å²) in [6.07, 6.45) is 0.880. The van der Waals surface area contributed by atoms with Gasteiger partial charge in [0.15, 0.2) is 0 Å². The molecule has 0 amide bonds. The fourth-order valence-corrected chi connectivity index (χ4v) is 5.56. The molecule has 6 heteroatoms. The van der Waals surface area contributed by atoms with Gasteiger partial charge in [-0.25, -0.2) is 9.97 Å². The fraction of sp³-hybridized carbons (Fsp3) is 0.588. The largest absolute Gasteiger partial charge is 0.469 e. The Balaban J connectivity index is 1.77. The van der Waals surface area contributed by atoms with E-state index < -0.39 is 0 Å². The van der Waals surface area contributed by atoms with Crippen molar-refractivity contribution in [3.63, 3.8) is 0 Å². The summed E-state index contributed by atoms with van der Waals surface area (Å²) in [7, 11) is 1.49. The second-order valence-electron chi connectivity index (χ2n) is 7.48. The lowest BCUT2D eigenvalue weighted by Crippen LogP contribution is -2.57. The Morgan fingerprint density at radius 3 is 2.91 bits per heavy atom. The molecule has 2 aromatic heterocycles. The lowest BCUT2D eigenvalue weighted by molar-refractivity contribution is -0.174. The number of carbonyl (C=O) groups excluding carboxylic acids is 1. The van der Waals surface area contributed by atoms with Crippen molar-refractivity contribution >= 4 is 33.3 Å². The number of methoxy groups -OCH3 is 1. The van der Waals surface area contributed by atoms with Crippen LogP contribution in [-0.4, -0.2) is 36.1 Å². The number of esters is 1. The van der Waals surface area contributed by atoms with E-state index in [9.17, 15) is 4.79 Å². The van der Waals surface area contributed by atoms with Crippen molar-refractivity contribution < 1.29 is 9.53 Å². The number of aryl methyl sites for hydroxylation is 1. The summed E-state index contributed by atoms with van der Waals surface area (Å²) in [6.45, 7) is 7.96. The molecule has 0 bridgehead atoms. The molecule has 0 unspecified atom stereocenters. The molecule has 2 atom stereocenters. The third kappa shape index (κ3) is 1.94. The van der Waals surface area contributed by atoms with Crippen molar-refractivity contribution in [3.8, 4) is 0 Å². The highest BCUT2D eigenvalue weighted by atomic mass is 32.1. The second-order valence-corrected chi connectivity index (χ2v) is 8.39. The SMILES string of the molecule is COC(=O)[C@@]12CN(c3nc(C)nc4ccsc34)C[C@@H]1C(C)(C)C2. The standard InChI is InChI=1S/C17H21N3O2S/c1-10-18-11-5-6-23-13(11)14(19-10)20-7-12-16(2,3)8-17(12,9-20)15(21)22-4/h5-6,12H,7-9H2,1-4H3/t12-,17+/m1/s1. The highest BCUT2D eigenvalue weighted by Gasteiger charge is 2.67. The van der Waals surface area contributed by atoms with Gasteiger partial charge in [0.25, 0.3) is 0 Å². The quantitative estimate of drug-likeness (QED) is 0.792. The van der Waals surface area contributed by atoms with Gasteiger partial charge in [-0.2, -0.15) is 0 Å². The summed E-state index contributed by atoms with van der Waals surface area (Å²) in [5.41, 5.74) is 0.781. The highest BCUT2D eigenvalue weighted by Crippen LogP contribution is 2.63. The summed E-state index contributed by atoms with van der Waals surface area (Å²) in [5, 5.41) is 2.05. The van der Waals surface area contributed by atoms with E-state index in [1.165, 1.54) is 7.11 Å². The first-order valence-corrected chi connectivity index (χ1v) is 8.80. The Kier molecular flexibility index (Phi) is 3.01. The second kappa shape index (κ2) is 4.66. The molecule has 1 saturated heterocycles. The van der Waals surface area contributed by atoms with E-state index in [1.807, 2.05) is 18.4 Å². The number of hydrogen-bond acceptors (Lipinski definition) is 6. The zero-order valence-corrected chi connectivity index (χ0v) is 14.7. The fourth-order valence-electron chi connectivity index (χ4n) is 4.71. The number of fused-ring (bicyclic) bond motifs is 2. The summed E-state index contributed by atoms with van der Waals surface area (Å²) >= 11 is 1.66. The number of rotatable bonds is 2. The highest BCUT2D eigenvalue weighted by molar-refractivity contribution is 7.17. The van der Waals surface area contributed by atoms with Crippen LogP contribution in [0.15, 0.2) is 11.4 Å². The van der Waals surface area contributed by atoms with Crippen LogP contribution in [0.25, 0.3) is 10.2 Å². The Morgan fingerprint density at radius 2 is 2.22 bits per heavy atom. The van der Waals surface area contributed by atoms with Gasteiger partial charge >= 0.3 is 5.97 Å². The van der Waals surface area contributed by atoms with Gasteiger partial charge < -0.3 is 9.64 Å². The topological polar surface area (TPSA) is 55.3 Å². The van der Waals surface area contributed by atoms with Crippen molar-refractivity contribution in [2.24, 2.45) is 16.7 Å². The predicted molar refractivity (Wildman–Crippen MR) is 90.7 cm³/mol. The van der Waals surface area contributed by atoms with Crippen molar-refractivity contribution in [2.45, 2.75) is 27.2 Å². The zero-order chi connectivity index (χ0) is 16.4. The Morgan fingerprint density at radius 1 is 1.43 bits per heavy atom. The average Bonchev–Trinajstić information content (AvgIpc) is 3.08. The summed E-state index contributed by atoms with van der Waals surface area (Å²) in [4.78, 5) is 23.9. The van der Waals surface area contributed by atoms with E-state index >= 15 is 0 Å². The third-order valence-electron chi connectivity index (χ3n) is 5.55. The maximum atomic E-state index is 12.5. The van der Waals surface area contributed by atoms with Gasteiger partial charge in [-0.15, -0.1) is 11.3 Å². The molecule has 0 N–H and O–H groups in total. The Hall–Kier alpha value is -1.69. The molecule has 0 spiro atoms. The molecule has 2 fully saturated rings. The number of ether oxygens (including phenoxy) is 1. The molecule has 0 aromatic carbocycles. The Bertz CT molecular complexity index is 800. The predicted octanol–water partition coefficient (Wildman–Crippen LogP) is 3.03. The minimum atomic E-state index is -0.374. The van der Waals surface area contributed by atoms with Crippen LogP contribution >= 0.6 is 11.3 Å². The van der Waals surface area contributed by atoms with Crippen LogP contribution in [0.3, 0.4) is 0 Å². The smallest absolute Gasteiger partial charge is 0.313 e. The number of nitrogens with zero attached hydrogens (tertiary/aromatic N) is 3. The van der Waals surface area contributed by atoms with Crippen LogP contribution in [0.2, 0.25) is 0 Å². The molecular formula is C17H21N3O2S. The minimum Gasteiger partial charge on any atom is -0.469 e. The molecule has 5 nitrogen and oxygen atoms in total. The number of aromatic nitrogens is 2. The molecule has 1 aliphatic heterocycles. The molecule has 1 saturated carbocycles. The molecule has 0 radical (unpaired) electrons. The normalized spacial score (nSPS) is 28.5. The maximum absolute atomic E-state index is 12.5. The number of carbonyl (C=O) groups is 1. The maximum Gasteiger partial charge on any atom is 0.313 e. The summed E-state index contributed by atoms with van der Waals surface area (Å²) in [6, 6.07) is 2.03. The van der Waals surface area contributed by atoms with E-state index in [0.717, 1.165) is 34.8 Å². The van der Waals surface area contributed by atoms with E-state index in [2.05, 4.69) is 28.7 Å². The lowest BCUT2D eigenvalue weighted by atomic mass is 9.48. The lowest BCUT2D eigenvalue weighted by Gasteiger charge is -2.54. The summed E-state index contributed by atoms with van der Waals surface area (Å²) in [5.74, 6) is 1.98. The van der Waals surface area contributed by atoms with Crippen LogP contribution in [-0.2, 0) is 9.53 Å². The summed E-state index contributed by atoms with van der Waals surface area (Å²) < 4.78 is 6.24. The van der Waals surface area contributed by atoms with E-state index in [1.54, 1.807) is 11.3 Å². The molecule has 23 heavy (non-hydrogen) atoms. The van der Waals surface area contributed by atoms with E-state index in [-0.39, 0.29) is 16.8 Å². The van der Waals surface area contributed by atoms with Crippen molar-refractivity contribution in [1.82, 2.24) is 9.97 Å².